The number of anilines is 1. The van der Waals surface area contributed by atoms with Crippen LogP contribution in [-0.4, -0.2) is 59.2 Å². The van der Waals surface area contributed by atoms with Crippen molar-refractivity contribution >= 4 is 40.0 Å². The topological polar surface area (TPSA) is 70.9 Å². The Bertz CT molecular complexity index is 762. The monoisotopic (exact) mass is 420 g/mol. The number of morpholine rings is 1. The van der Waals surface area contributed by atoms with Gasteiger partial charge in [-0.15, -0.1) is 11.3 Å². The van der Waals surface area contributed by atoms with Crippen LogP contribution in [0.2, 0.25) is 0 Å². The highest BCUT2D eigenvalue weighted by Gasteiger charge is 2.14. The number of rotatable bonds is 8. The molecule has 150 valence electrons. The minimum absolute atomic E-state index is 0.0671. The summed E-state index contributed by atoms with van der Waals surface area (Å²) >= 11 is 7.35. The van der Waals surface area contributed by atoms with Crippen molar-refractivity contribution in [2.75, 3.05) is 44.7 Å². The van der Waals surface area contributed by atoms with Gasteiger partial charge in [0.15, 0.2) is 5.11 Å². The van der Waals surface area contributed by atoms with Crippen molar-refractivity contribution in [3.63, 3.8) is 0 Å². The standard InChI is InChI=1S/C19H24N4O3S2/c24-23(25)17-6-4-16(5-7-17)20-19(27)22(15-18-3-1-14-28-18)9-2-8-21-10-12-26-13-11-21/h1,3-7,14H,2,8-13,15H2,(H,20,27). The second-order valence-corrected chi connectivity index (χ2v) is 7.96. The highest BCUT2D eigenvalue weighted by atomic mass is 32.1. The number of nitrogens with one attached hydrogen (secondary N) is 1. The predicted molar refractivity (Wildman–Crippen MR) is 116 cm³/mol. The zero-order valence-corrected chi connectivity index (χ0v) is 17.2. The van der Waals surface area contributed by atoms with Crippen LogP contribution in [0.4, 0.5) is 11.4 Å². The van der Waals surface area contributed by atoms with E-state index in [4.69, 9.17) is 17.0 Å². The molecule has 2 aromatic rings. The molecular weight excluding hydrogens is 396 g/mol. The Morgan fingerprint density at radius 2 is 2.04 bits per heavy atom. The lowest BCUT2D eigenvalue weighted by Crippen LogP contribution is -2.39. The van der Waals surface area contributed by atoms with Crippen molar-refractivity contribution in [3.8, 4) is 0 Å². The van der Waals surface area contributed by atoms with Crippen LogP contribution in [0.5, 0.6) is 0 Å². The van der Waals surface area contributed by atoms with Crippen molar-refractivity contribution in [1.29, 1.82) is 0 Å². The fourth-order valence-corrected chi connectivity index (χ4v) is 4.02. The molecule has 0 radical (unpaired) electrons. The van der Waals surface area contributed by atoms with Gasteiger partial charge in [-0.3, -0.25) is 15.0 Å². The third-order valence-electron chi connectivity index (χ3n) is 4.55. The molecule has 0 aliphatic carbocycles. The minimum Gasteiger partial charge on any atom is -0.379 e. The largest absolute Gasteiger partial charge is 0.379 e. The van der Waals surface area contributed by atoms with E-state index in [1.54, 1.807) is 23.5 Å². The van der Waals surface area contributed by atoms with Crippen LogP contribution in [0, 0.1) is 10.1 Å². The molecule has 0 saturated carbocycles. The lowest BCUT2D eigenvalue weighted by atomic mass is 10.3. The maximum Gasteiger partial charge on any atom is 0.269 e. The summed E-state index contributed by atoms with van der Waals surface area (Å²) in [7, 11) is 0. The average Bonchev–Trinajstić information content (AvgIpc) is 3.21. The SMILES string of the molecule is O=[N+]([O-])c1ccc(NC(=S)N(CCCN2CCOCC2)Cc2cccs2)cc1. The Kier molecular flexibility index (Phi) is 7.72. The fraction of sp³-hybridized carbons (Fsp3) is 0.421. The van der Waals surface area contributed by atoms with E-state index in [1.807, 2.05) is 6.07 Å². The molecule has 0 amide bonds. The molecule has 0 spiro atoms. The number of thiocarbonyl (C=S) groups is 1. The zero-order chi connectivity index (χ0) is 19.8. The van der Waals surface area contributed by atoms with E-state index in [1.165, 1.54) is 17.0 Å². The third kappa shape index (κ3) is 6.23. The molecule has 1 aromatic heterocycles. The first-order chi connectivity index (χ1) is 13.6. The number of hydrogen-bond acceptors (Lipinski definition) is 6. The van der Waals surface area contributed by atoms with Crippen molar-refractivity contribution in [2.24, 2.45) is 0 Å². The van der Waals surface area contributed by atoms with Gasteiger partial charge in [0.25, 0.3) is 5.69 Å². The van der Waals surface area contributed by atoms with E-state index in [0.717, 1.165) is 58.0 Å². The number of hydrogen-bond donors (Lipinski definition) is 1. The smallest absolute Gasteiger partial charge is 0.269 e. The summed E-state index contributed by atoms with van der Waals surface area (Å²) in [4.78, 5) is 16.2. The third-order valence-corrected chi connectivity index (χ3v) is 5.77. The van der Waals surface area contributed by atoms with E-state index in [9.17, 15) is 10.1 Å². The van der Waals surface area contributed by atoms with Gasteiger partial charge in [-0.25, -0.2) is 0 Å². The predicted octanol–water partition coefficient (Wildman–Crippen LogP) is 3.58. The summed E-state index contributed by atoms with van der Waals surface area (Å²) < 4.78 is 5.40. The normalized spacial score (nSPS) is 14.6. The quantitative estimate of drug-likeness (QED) is 0.398. The van der Waals surface area contributed by atoms with E-state index in [0.29, 0.717) is 5.11 Å². The summed E-state index contributed by atoms with van der Waals surface area (Å²) in [5, 5.41) is 16.7. The highest BCUT2D eigenvalue weighted by Crippen LogP contribution is 2.18. The Balaban J connectivity index is 1.58. The van der Waals surface area contributed by atoms with Gasteiger partial charge in [0.1, 0.15) is 0 Å². The number of ether oxygens (including phenoxy) is 1. The van der Waals surface area contributed by atoms with Crippen LogP contribution in [0.1, 0.15) is 11.3 Å². The molecule has 3 rings (SSSR count). The first-order valence-corrected chi connectivity index (χ1v) is 10.5. The number of thiophene rings is 1. The number of benzene rings is 1. The molecule has 1 aliphatic rings. The lowest BCUT2D eigenvalue weighted by molar-refractivity contribution is -0.384. The Hall–Kier alpha value is -2.07. The number of nitro benzene ring substituents is 1. The average molecular weight is 421 g/mol. The highest BCUT2D eigenvalue weighted by molar-refractivity contribution is 7.80. The molecule has 2 heterocycles. The first-order valence-electron chi connectivity index (χ1n) is 9.25. The molecule has 0 bridgehead atoms. The molecule has 1 aromatic carbocycles. The fourth-order valence-electron chi connectivity index (χ4n) is 3.02. The van der Waals surface area contributed by atoms with Crippen LogP contribution in [0.3, 0.4) is 0 Å². The molecule has 1 fully saturated rings. The van der Waals surface area contributed by atoms with Gasteiger partial charge < -0.3 is 15.0 Å². The number of nitrogens with zero attached hydrogens (tertiary/aromatic N) is 3. The van der Waals surface area contributed by atoms with Gasteiger partial charge in [0.2, 0.25) is 0 Å². The summed E-state index contributed by atoms with van der Waals surface area (Å²) in [6.07, 6.45) is 1.01. The Labute approximate surface area is 174 Å². The van der Waals surface area contributed by atoms with E-state index < -0.39 is 4.92 Å². The van der Waals surface area contributed by atoms with Gasteiger partial charge in [-0.2, -0.15) is 0 Å². The molecule has 0 unspecified atom stereocenters. The van der Waals surface area contributed by atoms with Crippen LogP contribution < -0.4 is 5.32 Å². The van der Waals surface area contributed by atoms with Crippen LogP contribution in [-0.2, 0) is 11.3 Å². The number of nitro groups is 1. The van der Waals surface area contributed by atoms with Crippen LogP contribution in [0.15, 0.2) is 41.8 Å². The van der Waals surface area contributed by atoms with Gasteiger partial charge in [0.05, 0.1) is 24.7 Å². The van der Waals surface area contributed by atoms with Gasteiger partial charge >= 0.3 is 0 Å². The molecule has 0 atom stereocenters. The second kappa shape index (κ2) is 10.5. The zero-order valence-electron chi connectivity index (χ0n) is 15.6. The second-order valence-electron chi connectivity index (χ2n) is 6.54. The Morgan fingerprint density at radius 1 is 1.29 bits per heavy atom. The lowest BCUT2D eigenvalue weighted by Gasteiger charge is -2.29. The van der Waals surface area contributed by atoms with E-state index >= 15 is 0 Å². The minimum atomic E-state index is -0.406. The maximum absolute atomic E-state index is 10.8. The van der Waals surface area contributed by atoms with E-state index in [-0.39, 0.29) is 5.69 Å². The van der Waals surface area contributed by atoms with Crippen molar-refractivity contribution in [3.05, 3.63) is 56.8 Å². The molecular formula is C19H24N4O3S2. The first kappa shape index (κ1) is 20.7. The summed E-state index contributed by atoms with van der Waals surface area (Å²) in [5.41, 5.74) is 0.817. The van der Waals surface area contributed by atoms with Crippen LogP contribution in [0.25, 0.3) is 0 Å². The number of non-ortho nitro benzene ring substituents is 1. The summed E-state index contributed by atoms with van der Waals surface area (Å²) in [6.45, 7) is 6.18. The van der Waals surface area contributed by atoms with Crippen molar-refractivity contribution in [1.82, 2.24) is 9.80 Å². The van der Waals surface area contributed by atoms with Crippen molar-refractivity contribution in [2.45, 2.75) is 13.0 Å². The molecule has 1 aliphatic heterocycles. The Morgan fingerprint density at radius 3 is 2.68 bits per heavy atom. The van der Waals surface area contributed by atoms with E-state index in [2.05, 4.69) is 26.6 Å². The van der Waals surface area contributed by atoms with Crippen molar-refractivity contribution < 1.29 is 9.66 Å². The maximum atomic E-state index is 10.8. The molecule has 1 N–H and O–H groups in total. The van der Waals surface area contributed by atoms with Gasteiger partial charge in [-0.05, 0) is 42.2 Å². The molecule has 9 heteroatoms. The van der Waals surface area contributed by atoms with Gasteiger partial charge in [0, 0.05) is 48.9 Å². The van der Waals surface area contributed by atoms with Gasteiger partial charge in [-0.1, -0.05) is 6.07 Å². The molecule has 7 nitrogen and oxygen atoms in total. The summed E-state index contributed by atoms with van der Waals surface area (Å²) in [6, 6.07) is 10.5. The summed E-state index contributed by atoms with van der Waals surface area (Å²) in [5.74, 6) is 0. The molecule has 28 heavy (non-hydrogen) atoms. The molecule has 1 saturated heterocycles. The van der Waals surface area contributed by atoms with Crippen LogP contribution >= 0.6 is 23.6 Å².